The molecule has 8 heteroatoms. The fraction of sp³-hybridized carbons (Fsp3) is 0.409. The molecular formula is C22H26N6O2. The van der Waals surface area contributed by atoms with E-state index in [4.69, 9.17) is 0 Å². The molecule has 4 rings (SSSR count). The minimum absolute atomic E-state index is 0.152. The minimum Gasteiger partial charge on any atom is -0.339 e. The molecule has 1 aromatic carbocycles. The van der Waals surface area contributed by atoms with Gasteiger partial charge in [0.25, 0.3) is 11.7 Å². The maximum absolute atomic E-state index is 12.8. The number of aryl methyl sites for hydroxylation is 3. The predicted octanol–water partition coefficient (Wildman–Crippen LogP) is 2.05. The van der Waals surface area contributed by atoms with E-state index in [9.17, 15) is 9.59 Å². The normalized spacial score (nSPS) is 14.3. The summed E-state index contributed by atoms with van der Waals surface area (Å²) in [6, 6.07) is 12.1. The molecule has 0 atom stereocenters. The van der Waals surface area contributed by atoms with Crippen molar-refractivity contribution < 1.29 is 9.59 Å². The highest BCUT2D eigenvalue weighted by Gasteiger charge is 2.27. The standard InChI is InChI=1S/C22H26N6O2/c1-16-15-17(2)28-22(23-16)24-20(25-28)21(30)27-13-11-26(12-14-27)19(29)10-6-9-18-7-4-3-5-8-18/h3-5,7-8,15H,6,9-14H2,1-2H3. The molecule has 0 saturated carbocycles. The van der Waals surface area contributed by atoms with Crippen molar-refractivity contribution in [2.75, 3.05) is 26.2 Å². The van der Waals surface area contributed by atoms with Crippen LogP contribution in [-0.2, 0) is 11.2 Å². The number of hydrogen-bond acceptors (Lipinski definition) is 5. The molecule has 0 radical (unpaired) electrons. The molecule has 1 saturated heterocycles. The van der Waals surface area contributed by atoms with E-state index in [0.717, 1.165) is 24.2 Å². The van der Waals surface area contributed by atoms with E-state index in [0.29, 0.717) is 38.4 Å². The average Bonchev–Trinajstić information content (AvgIpc) is 3.18. The van der Waals surface area contributed by atoms with Gasteiger partial charge in [0.15, 0.2) is 0 Å². The fourth-order valence-corrected chi connectivity index (χ4v) is 3.80. The molecular weight excluding hydrogens is 380 g/mol. The number of amides is 2. The molecule has 0 aliphatic carbocycles. The second-order valence-corrected chi connectivity index (χ2v) is 7.70. The Morgan fingerprint density at radius 3 is 2.40 bits per heavy atom. The van der Waals surface area contributed by atoms with Gasteiger partial charge < -0.3 is 9.80 Å². The lowest BCUT2D eigenvalue weighted by atomic mass is 10.1. The Bertz CT molecular complexity index is 1050. The van der Waals surface area contributed by atoms with Gasteiger partial charge in [0.2, 0.25) is 11.7 Å². The van der Waals surface area contributed by atoms with Gasteiger partial charge in [-0.05, 0) is 38.3 Å². The monoisotopic (exact) mass is 406 g/mol. The van der Waals surface area contributed by atoms with Gasteiger partial charge in [0.1, 0.15) is 0 Å². The lowest BCUT2D eigenvalue weighted by Crippen LogP contribution is -2.50. The number of hydrogen-bond donors (Lipinski definition) is 0. The lowest BCUT2D eigenvalue weighted by Gasteiger charge is -2.34. The maximum Gasteiger partial charge on any atom is 0.293 e. The first-order valence-electron chi connectivity index (χ1n) is 10.3. The highest BCUT2D eigenvalue weighted by atomic mass is 16.2. The van der Waals surface area contributed by atoms with Crippen LogP contribution >= 0.6 is 0 Å². The number of aromatic nitrogens is 4. The predicted molar refractivity (Wildman–Crippen MR) is 112 cm³/mol. The van der Waals surface area contributed by atoms with Crippen molar-refractivity contribution in [2.24, 2.45) is 0 Å². The number of fused-ring (bicyclic) bond motifs is 1. The van der Waals surface area contributed by atoms with Crippen LogP contribution in [0.25, 0.3) is 5.78 Å². The third kappa shape index (κ3) is 4.32. The number of carbonyl (C=O) groups excluding carboxylic acids is 2. The molecule has 1 aliphatic heterocycles. The molecule has 156 valence electrons. The molecule has 3 heterocycles. The first-order valence-corrected chi connectivity index (χ1v) is 10.3. The molecule has 1 fully saturated rings. The van der Waals surface area contributed by atoms with Crippen LogP contribution in [0.3, 0.4) is 0 Å². The smallest absolute Gasteiger partial charge is 0.293 e. The number of rotatable bonds is 5. The van der Waals surface area contributed by atoms with Gasteiger partial charge in [0.05, 0.1) is 0 Å². The van der Waals surface area contributed by atoms with E-state index in [1.54, 1.807) is 9.42 Å². The Labute approximate surface area is 175 Å². The summed E-state index contributed by atoms with van der Waals surface area (Å²) < 4.78 is 1.59. The largest absolute Gasteiger partial charge is 0.339 e. The Morgan fingerprint density at radius 1 is 0.967 bits per heavy atom. The summed E-state index contributed by atoms with van der Waals surface area (Å²) in [7, 11) is 0. The van der Waals surface area contributed by atoms with Crippen molar-refractivity contribution in [3.05, 3.63) is 59.2 Å². The molecule has 1 aliphatic rings. The van der Waals surface area contributed by atoms with Crippen LogP contribution in [0.15, 0.2) is 36.4 Å². The summed E-state index contributed by atoms with van der Waals surface area (Å²) in [4.78, 5) is 37.5. The van der Waals surface area contributed by atoms with Gasteiger partial charge in [-0.3, -0.25) is 9.59 Å². The zero-order chi connectivity index (χ0) is 21.1. The molecule has 0 spiro atoms. The Balaban J connectivity index is 1.30. The second-order valence-electron chi connectivity index (χ2n) is 7.70. The summed E-state index contributed by atoms with van der Waals surface area (Å²) in [5.41, 5.74) is 2.97. The van der Waals surface area contributed by atoms with Gasteiger partial charge in [-0.1, -0.05) is 30.3 Å². The van der Waals surface area contributed by atoms with Crippen LogP contribution < -0.4 is 0 Å². The first kappa shape index (κ1) is 20.0. The van der Waals surface area contributed by atoms with Crippen LogP contribution in [-0.4, -0.2) is 67.4 Å². The van der Waals surface area contributed by atoms with E-state index < -0.39 is 0 Å². The van der Waals surface area contributed by atoms with Crippen molar-refractivity contribution >= 4 is 17.6 Å². The maximum atomic E-state index is 12.8. The van der Waals surface area contributed by atoms with Gasteiger partial charge in [-0.15, -0.1) is 5.10 Å². The van der Waals surface area contributed by atoms with Crippen molar-refractivity contribution in [3.8, 4) is 0 Å². The molecule has 0 unspecified atom stereocenters. The van der Waals surface area contributed by atoms with Crippen LogP contribution in [0, 0.1) is 13.8 Å². The summed E-state index contributed by atoms with van der Waals surface area (Å²) in [6.45, 7) is 5.86. The number of benzene rings is 1. The summed E-state index contributed by atoms with van der Waals surface area (Å²) in [6.07, 6.45) is 2.26. The quantitative estimate of drug-likeness (QED) is 0.648. The highest BCUT2D eigenvalue weighted by Crippen LogP contribution is 2.12. The minimum atomic E-state index is -0.214. The van der Waals surface area contributed by atoms with Crippen LogP contribution in [0.4, 0.5) is 0 Å². The highest BCUT2D eigenvalue weighted by molar-refractivity contribution is 5.91. The Kier molecular flexibility index (Phi) is 5.74. The molecule has 0 N–H and O–H groups in total. The van der Waals surface area contributed by atoms with Crippen LogP contribution in [0.1, 0.15) is 40.4 Å². The lowest BCUT2D eigenvalue weighted by molar-refractivity contribution is -0.132. The van der Waals surface area contributed by atoms with Crippen molar-refractivity contribution in [2.45, 2.75) is 33.1 Å². The van der Waals surface area contributed by atoms with Gasteiger partial charge in [-0.25, -0.2) is 9.50 Å². The summed E-state index contributed by atoms with van der Waals surface area (Å²) in [5, 5.41) is 4.32. The van der Waals surface area contributed by atoms with Gasteiger partial charge in [0, 0.05) is 44.0 Å². The Hall–Kier alpha value is -3.29. The van der Waals surface area contributed by atoms with Crippen molar-refractivity contribution in [1.82, 2.24) is 29.4 Å². The third-order valence-corrected chi connectivity index (χ3v) is 5.43. The third-order valence-electron chi connectivity index (χ3n) is 5.43. The Morgan fingerprint density at radius 2 is 1.67 bits per heavy atom. The van der Waals surface area contributed by atoms with E-state index in [2.05, 4.69) is 27.2 Å². The van der Waals surface area contributed by atoms with Gasteiger partial charge in [-0.2, -0.15) is 4.98 Å². The molecule has 3 aromatic rings. The van der Waals surface area contributed by atoms with E-state index in [1.165, 1.54) is 5.56 Å². The van der Waals surface area contributed by atoms with Crippen molar-refractivity contribution in [1.29, 1.82) is 0 Å². The summed E-state index contributed by atoms with van der Waals surface area (Å²) in [5.74, 6) is 0.523. The SMILES string of the molecule is Cc1cc(C)n2nc(C(=O)N3CCN(C(=O)CCCc4ccccc4)CC3)nc2n1. The van der Waals surface area contributed by atoms with Gasteiger partial charge >= 0.3 is 0 Å². The van der Waals surface area contributed by atoms with Crippen molar-refractivity contribution in [3.63, 3.8) is 0 Å². The van der Waals surface area contributed by atoms with E-state index in [-0.39, 0.29) is 17.6 Å². The number of carbonyl (C=O) groups is 2. The van der Waals surface area contributed by atoms with Crippen LogP contribution in [0.2, 0.25) is 0 Å². The average molecular weight is 406 g/mol. The molecule has 0 bridgehead atoms. The molecule has 8 nitrogen and oxygen atoms in total. The number of piperazine rings is 1. The fourth-order valence-electron chi connectivity index (χ4n) is 3.80. The summed E-state index contributed by atoms with van der Waals surface area (Å²) >= 11 is 0. The van der Waals surface area contributed by atoms with Crippen LogP contribution in [0.5, 0.6) is 0 Å². The molecule has 2 aromatic heterocycles. The topological polar surface area (TPSA) is 83.7 Å². The van der Waals surface area contributed by atoms with E-state index >= 15 is 0 Å². The first-order chi connectivity index (χ1) is 14.5. The second kappa shape index (κ2) is 8.61. The van der Waals surface area contributed by atoms with E-state index in [1.807, 2.05) is 43.0 Å². The number of nitrogens with zero attached hydrogens (tertiary/aromatic N) is 6. The zero-order valence-corrected chi connectivity index (χ0v) is 17.4. The zero-order valence-electron chi connectivity index (χ0n) is 17.4. The molecule has 2 amide bonds. The molecule has 30 heavy (non-hydrogen) atoms.